The van der Waals surface area contributed by atoms with E-state index in [1.807, 2.05) is 0 Å². The van der Waals surface area contributed by atoms with Crippen molar-refractivity contribution in [3.8, 4) is 39.1 Å². The molecule has 1 aliphatic rings. The van der Waals surface area contributed by atoms with Gasteiger partial charge in [-0.05, 0) is 134 Å². The third-order valence-electron chi connectivity index (χ3n) is 13.8. The summed E-state index contributed by atoms with van der Waals surface area (Å²) in [5, 5.41) is 7.72. The molecule has 2 nitrogen and oxygen atoms in total. The van der Waals surface area contributed by atoms with Crippen LogP contribution in [0.5, 0.6) is 0 Å². The maximum Gasteiger partial charge on any atom is 0.0547 e. The Morgan fingerprint density at radius 1 is 0.375 bits per heavy atom. The van der Waals surface area contributed by atoms with E-state index in [1.165, 1.54) is 114 Å². The van der Waals surface area contributed by atoms with E-state index in [9.17, 15) is 0 Å². The number of para-hydroxylation sites is 3. The first kappa shape index (κ1) is 38.0. The third-order valence-corrected chi connectivity index (χ3v) is 13.8. The van der Waals surface area contributed by atoms with Gasteiger partial charge < -0.3 is 9.47 Å². The monoisotopic (exact) mass is 820 g/mol. The van der Waals surface area contributed by atoms with Gasteiger partial charge in [0.05, 0.1) is 16.7 Å². The van der Waals surface area contributed by atoms with Crippen molar-refractivity contribution in [3.05, 3.63) is 230 Å². The van der Waals surface area contributed by atoms with Crippen LogP contribution in [0.25, 0.3) is 82.4 Å². The van der Waals surface area contributed by atoms with Crippen molar-refractivity contribution < 1.29 is 0 Å². The summed E-state index contributed by atoms with van der Waals surface area (Å²) in [6.07, 6.45) is 6.47. The summed E-state index contributed by atoms with van der Waals surface area (Å²) in [5.74, 6) is 0.580. The molecule has 0 saturated heterocycles. The molecule has 0 unspecified atom stereocenters. The number of hydrogen-bond donors (Lipinski definition) is 0. The highest BCUT2D eigenvalue weighted by Crippen LogP contribution is 2.47. The molecule has 0 spiro atoms. The number of nitrogens with zero attached hydrogens (tertiary/aromatic N) is 2. The van der Waals surface area contributed by atoms with Crippen molar-refractivity contribution in [1.29, 1.82) is 0 Å². The number of fused-ring (bicyclic) bond motifs is 5. The van der Waals surface area contributed by atoms with Gasteiger partial charge in [-0.25, -0.2) is 0 Å². The van der Waals surface area contributed by atoms with Crippen LogP contribution in [-0.4, -0.2) is 4.57 Å². The lowest BCUT2D eigenvalue weighted by atomic mass is 9.80. The van der Waals surface area contributed by atoms with Crippen LogP contribution in [0, 0.1) is 0 Å². The molecular weight excluding hydrogens is 773 g/mol. The second-order valence-corrected chi connectivity index (χ2v) is 17.5. The Bertz CT molecular complexity index is 3470. The highest BCUT2D eigenvalue weighted by Gasteiger charge is 2.24. The number of anilines is 3. The van der Waals surface area contributed by atoms with E-state index in [4.69, 9.17) is 0 Å². The number of aromatic nitrogens is 1. The molecule has 0 bridgehead atoms. The Balaban J connectivity index is 1.05. The van der Waals surface area contributed by atoms with Crippen LogP contribution < -0.4 is 4.90 Å². The molecule has 1 aromatic heterocycles. The lowest BCUT2D eigenvalue weighted by molar-refractivity contribution is 0.445. The minimum Gasteiger partial charge on any atom is -0.310 e. The fourth-order valence-corrected chi connectivity index (χ4v) is 10.8. The molecule has 1 saturated carbocycles. The van der Waals surface area contributed by atoms with Gasteiger partial charge >= 0.3 is 0 Å². The zero-order chi connectivity index (χ0) is 42.4. The van der Waals surface area contributed by atoms with Gasteiger partial charge in [0.1, 0.15) is 0 Å². The van der Waals surface area contributed by atoms with E-state index < -0.39 is 0 Å². The van der Waals surface area contributed by atoms with Gasteiger partial charge in [0.2, 0.25) is 0 Å². The lowest BCUT2D eigenvalue weighted by Gasteiger charge is -2.29. The predicted octanol–water partition coefficient (Wildman–Crippen LogP) is 17.6. The molecule has 0 atom stereocenters. The molecule has 0 radical (unpaired) electrons. The lowest BCUT2D eigenvalue weighted by Crippen LogP contribution is -2.11. The number of rotatable bonds is 8. The Hall–Kier alpha value is -7.68. The first-order valence-corrected chi connectivity index (χ1v) is 23.0. The first-order valence-electron chi connectivity index (χ1n) is 23.0. The van der Waals surface area contributed by atoms with Crippen LogP contribution in [0.3, 0.4) is 0 Å². The summed E-state index contributed by atoms with van der Waals surface area (Å²) in [6, 6.07) is 83.1. The molecule has 1 fully saturated rings. The van der Waals surface area contributed by atoms with Crippen LogP contribution in [0.2, 0.25) is 0 Å². The summed E-state index contributed by atoms with van der Waals surface area (Å²) in [5.41, 5.74) is 15.8. The van der Waals surface area contributed by atoms with Crippen molar-refractivity contribution >= 4 is 60.4 Å². The second-order valence-electron chi connectivity index (χ2n) is 17.5. The Morgan fingerprint density at radius 2 is 1.03 bits per heavy atom. The topological polar surface area (TPSA) is 8.17 Å². The van der Waals surface area contributed by atoms with Gasteiger partial charge in [-0.15, -0.1) is 0 Å². The number of benzene rings is 10. The van der Waals surface area contributed by atoms with E-state index in [0.717, 1.165) is 22.7 Å². The van der Waals surface area contributed by atoms with Gasteiger partial charge in [0.15, 0.2) is 0 Å². The van der Waals surface area contributed by atoms with Gasteiger partial charge in [-0.2, -0.15) is 0 Å². The van der Waals surface area contributed by atoms with Crippen LogP contribution >= 0.6 is 0 Å². The van der Waals surface area contributed by atoms with Crippen molar-refractivity contribution in [1.82, 2.24) is 4.57 Å². The molecule has 2 heteroatoms. The largest absolute Gasteiger partial charge is 0.310 e. The Labute approximate surface area is 375 Å². The van der Waals surface area contributed by atoms with Crippen molar-refractivity contribution in [2.45, 2.75) is 38.0 Å². The van der Waals surface area contributed by atoms with Gasteiger partial charge in [0, 0.05) is 33.4 Å². The molecule has 12 rings (SSSR count). The fourth-order valence-electron chi connectivity index (χ4n) is 10.8. The molecule has 1 heterocycles. The molecule has 1 aliphatic carbocycles. The summed E-state index contributed by atoms with van der Waals surface area (Å²) in [4.78, 5) is 2.48. The summed E-state index contributed by atoms with van der Waals surface area (Å²) in [6.45, 7) is 0. The SMILES string of the molecule is c1ccc(-n2c3ccccc3c3c(-c4cccc(N(c5ccc(-c6ccc7ccccc7c6)cc5)c5ccccc5-c5cccc6cccc(C7CCCCC7)c56)c4)cccc32)cc1. The zero-order valence-electron chi connectivity index (χ0n) is 35.9. The summed E-state index contributed by atoms with van der Waals surface area (Å²) < 4.78 is 2.41. The van der Waals surface area contributed by atoms with Gasteiger partial charge in [-0.3, -0.25) is 0 Å². The molecule has 64 heavy (non-hydrogen) atoms. The summed E-state index contributed by atoms with van der Waals surface area (Å²) in [7, 11) is 0. The van der Waals surface area contributed by atoms with Crippen LogP contribution in [0.1, 0.15) is 43.6 Å². The minimum absolute atomic E-state index is 0.580. The van der Waals surface area contributed by atoms with Gasteiger partial charge in [0.25, 0.3) is 0 Å². The molecule has 0 N–H and O–H groups in total. The van der Waals surface area contributed by atoms with E-state index in [2.05, 4.69) is 234 Å². The van der Waals surface area contributed by atoms with E-state index in [-0.39, 0.29) is 0 Å². The normalized spacial score (nSPS) is 13.2. The first-order chi connectivity index (χ1) is 31.8. The van der Waals surface area contributed by atoms with E-state index in [0.29, 0.717) is 5.92 Å². The fraction of sp³-hybridized carbons (Fsp3) is 0.0968. The van der Waals surface area contributed by atoms with Crippen molar-refractivity contribution in [3.63, 3.8) is 0 Å². The summed E-state index contributed by atoms with van der Waals surface area (Å²) >= 11 is 0. The predicted molar refractivity (Wildman–Crippen MR) is 273 cm³/mol. The Kier molecular flexibility index (Phi) is 9.64. The molecule has 306 valence electrons. The van der Waals surface area contributed by atoms with Crippen LogP contribution in [-0.2, 0) is 0 Å². The smallest absolute Gasteiger partial charge is 0.0547 e. The van der Waals surface area contributed by atoms with Gasteiger partial charge in [-0.1, -0.05) is 183 Å². The molecular formula is C62H48N2. The quantitative estimate of drug-likeness (QED) is 0.148. The van der Waals surface area contributed by atoms with Crippen molar-refractivity contribution in [2.24, 2.45) is 0 Å². The Morgan fingerprint density at radius 3 is 1.91 bits per heavy atom. The highest BCUT2D eigenvalue weighted by atomic mass is 15.1. The average Bonchev–Trinajstić information content (AvgIpc) is 3.72. The van der Waals surface area contributed by atoms with E-state index >= 15 is 0 Å². The molecule has 11 aromatic rings. The minimum atomic E-state index is 0.580. The highest BCUT2D eigenvalue weighted by molar-refractivity contribution is 6.16. The maximum absolute atomic E-state index is 2.48. The third kappa shape index (κ3) is 6.66. The molecule has 0 aliphatic heterocycles. The van der Waals surface area contributed by atoms with Crippen LogP contribution in [0.15, 0.2) is 224 Å². The standard InChI is InChI=1S/C62H48N2/c1-3-18-45(19-4-1)53-29-14-21-46-22-15-31-56(61(46)53)55-27-9-11-32-58(55)63(51-39-37-44(38-40-51)48-36-35-43-17-7-8-20-47(43)41-48)52-26-13-23-49(42-52)54-30-16-34-60-62(54)57-28-10-12-33-59(57)64(60)50-24-5-2-6-25-50/h2,5-17,20-42,45H,1,3-4,18-19H2. The van der Waals surface area contributed by atoms with Crippen LogP contribution in [0.4, 0.5) is 17.1 Å². The van der Waals surface area contributed by atoms with Crippen molar-refractivity contribution in [2.75, 3.05) is 4.90 Å². The second kappa shape index (κ2) is 16.2. The molecule has 0 amide bonds. The number of hydrogen-bond acceptors (Lipinski definition) is 1. The van der Waals surface area contributed by atoms with E-state index in [1.54, 1.807) is 0 Å². The maximum atomic E-state index is 2.48. The zero-order valence-corrected chi connectivity index (χ0v) is 35.9. The average molecular weight is 821 g/mol. The molecule has 10 aromatic carbocycles.